The van der Waals surface area contributed by atoms with Crippen LogP contribution in [0.1, 0.15) is 178 Å². The maximum absolute atomic E-state index is 13.6. The largest absolute Gasteiger partial charge is 0.322 e. The maximum Gasteiger partial charge on any atom is 0.259 e. The third kappa shape index (κ3) is 9.06. The Hall–Kier alpha value is -3.94. The van der Waals surface area contributed by atoms with E-state index < -0.39 is 0 Å². The van der Waals surface area contributed by atoms with Crippen molar-refractivity contribution in [2.24, 2.45) is 23.7 Å². The van der Waals surface area contributed by atoms with E-state index in [0.717, 1.165) is 111 Å². The molecule has 66 heavy (non-hydrogen) atoms. The average molecular weight is 977 g/mol. The van der Waals surface area contributed by atoms with Crippen LogP contribution in [0.2, 0.25) is 0 Å². The van der Waals surface area contributed by atoms with E-state index in [2.05, 4.69) is 72.4 Å². The Kier molecular flexibility index (Phi) is 16.0. The SMILES string of the molecule is CCCCC(CC)CN1C(=O)c2ccc3c4c(ccc(c24)C1=S)C(=S)N(CC(C)CC)C3=O.CCCCC(CC)CN1C(=S)c2ccc3c4c(ccc(c24)C1=S)C(=S)N(CC(C)CC)C3=O. The number of rotatable bonds is 18. The molecule has 4 aromatic rings. The number of unbranched alkanes of at least 4 members (excludes halogenated alkanes) is 2. The summed E-state index contributed by atoms with van der Waals surface area (Å²) in [4.78, 5) is 51.1. The second-order valence-electron chi connectivity index (χ2n) is 18.9. The number of thiocarbonyl (C=S) groups is 5. The maximum atomic E-state index is 13.6. The molecule has 0 aliphatic carbocycles. The van der Waals surface area contributed by atoms with Crippen LogP contribution < -0.4 is 0 Å². The van der Waals surface area contributed by atoms with Crippen LogP contribution in [-0.2, 0) is 0 Å². The van der Waals surface area contributed by atoms with Gasteiger partial charge in [0.25, 0.3) is 17.7 Å². The fraction of sp³-hybridized carbons (Fsp3) is 0.481. The Labute approximate surface area is 419 Å². The van der Waals surface area contributed by atoms with Gasteiger partial charge in [0.05, 0.1) is 0 Å². The lowest BCUT2D eigenvalue weighted by atomic mass is 9.85. The van der Waals surface area contributed by atoms with Gasteiger partial charge in [0.15, 0.2) is 0 Å². The number of carbonyl (C=O) groups is 3. The van der Waals surface area contributed by atoms with Crippen molar-refractivity contribution >= 4 is 125 Å². The molecule has 7 nitrogen and oxygen atoms in total. The number of carbonyl (C=O) groups excluding carboxylic acids is 3. The topological polar surface area (TPSA) is 64.2 Å². The predicted molar refractivity (Wildman–Crippen MR) is 292 cm³/mol. The van der Waals surface area contributed by atoms with Crippen molar-refractivity contribution in [2.45, 2.75) is 120 Å². The molecule has 4 heterocycles. The van der Waals surface area contributed by atoms with Gasteiger partial charge < -0.3 is 4.90 Å². The number of amides is 3. The van der Waals surface area contributed by atoms with Gasteiger partial charge in [-0.2, -0.15) is 0 Å². The molecule has 4 aromatic carbocycles. The number of nitrogens with zero attached hydrogens (tertiary/aromatic N) is 4. The summed E-state index contributed by atoms with van der Waals surface area (Å²) < 4.78 is 0. The van der Waals surface area contributed by atoms with Crippen molar-refractivity contribution in [1.29, 1.82) is 0 Å². The number of hydrogen-bond acceptors (Lipinski definition) is 8. The number of hydrogen-bond donors (Lipinski definition) is 0. The monoisotopic (exact) mass is 976 g/mol. The molecule has 0 spiro atoms. The quantitative estimate of drug-likeness (QED) is 0.0907. The molecule has 0 radical (unpaired) electrons. The van der Waals surface area contributed by atoms with E-state index in [0.29, 0.717) is 75.0 Å². The highest BCUT2D eigenvalue weighted by atomic mass is 32.1. The van der Waals surface area contributed by atoms with Gasteiger partial charge in [-0.15, -0.1) is 0 Å². The Bertz CT molecular complexity index is 2350. The summed E-state index contributed by atoms with van der Waals surface area (Å²) in [5.74, 6) is 1.55. The molecule has 3 amide bonds. The van der Waals surface area contributed by atoms with Crippen LogP contribution in [0.5, 0.6) is 0 Å². The zero-order valence-corrected chi connectivity index (χ0v) is 44.0. The molecule has 0 saturated heterocycles. The highest BCUT2D eigenvalue weighted by Gasteiger charge is 2.39. The zero-order valence-electron chi connectivity index (χ0n) is 39.9. The third-order valence-electron chi connectivity index (χ3n) is 14.5. The van der Waals surface area contributed by atoms with Gasteiger partial charge in [-0.3, -0.25) is 29.1 Å². The highest BCUT2D eigenvalue weighted by Crippen LogP contribution is 2.41. The molecule has 0 aromatic heterocycles. The summed E-state index contributed by atoms with van der Waals surface area (Å²) in [5.41, 5.74) is 6.57. The van der Waals surface area contributed by atoms with Gasteiger partial charge in [0, 0.05) is 92.2 Å². The minimum absolute atomic E-state index is 0.0126. The summed E-state index contributed by atoms with van der Waals surface area (Å²) in [6.45, 7) is 20.1. The van der Waals surface area contributed by atoms with Crippen LogP contribution in [0.3, 0.4) is 0 Å². The highest BCUT2D eigenvalue weighted by molar-refractivity contribution is 7.82. The van der Waals surface area contributed by atoms with Gasteiger partial charge in [-0.1, -0.05) is 198 Å². The van der Waals surface area contributed by atoms with Crippen LogP contribution in [-0.4, -0.2) is 88.4 Å². The molecule has 0 fully saturated rings. The van der Waals surface area contributed by atoms with Crippen molar-refractivity contribution in [2.75, 3.05) is 26.2 Å². The van der Waals surface area contributed by atoms with E-state index in [9.17, 15) is 14.4 Å². The first-order valence-corrected chi connectivity index (χ1v) is 26.4. The van der Waals surface area contributed by atoms with Crippen molar-refractivity contribution in [3.05, 3.63) is 93.0 Å². The molecule has 4 aliphatic rings. The first-order chi connectivity index (χ1) is 31.7. The molecule has 4 atom stereocenters. The molecule has 4 aliphatic heterocycles. The van der Waals surface area contributed by atoms with Crippen LogP contribution in [0.4, 0.5) is 0 Å². The minimum Gasteiger partial charge on any atom is -0.322 e. The Morgan fingerprint density at radius 1 is 0.379 bits per heavy atom. The molecule has 8 rings (SSSR count). The average Bonchev–Trinajstić information content (AvgIpc) is 3.33. The van der Waals surface area contributed by atoms with E-state index in [-0.39, 0.29) is 17.7 Å². The molecule has 12 heteroatoms. The summed E-state index contributed by atoms with van der Waals surface area (Å²) in [6, 6.07) is 15.7. The first kappa shape index (κ1) is 50.0. The van der Waals surface area contributed by atoms with E-state index in [1.54, 1.807) is 20.8 Å². The fourth-order valence-corrected chi connectivity index (χ4v) is 11.6. The lowest BCUT2D eigenvalue weighted by Crippen LogP contribution is -2.44. The van der Waals surface area contributed by atoms with Crippen molar-refractivity contribution in [1.82, 2.24) is 19.6 Å². The van der Waals surface area contributed by atoms with Gasteiger partial charge in [-0.05, 0) is 54.7 Å². The van der Waals surface area contributed by atoms with Gasteiger partial charge in [0.1, 0.15) is 24.9 Å². The summed E-state index contributed by atoms with van der Waals surface area (Å²) in [6.07, 6.45) is 11.1. The molecular formula is C54H64N4O3S5. The standard InChI is InChI=1S/C27H32N2O2S2.C27H32N2OS3/c1-5-8-9-17(7-3)15-29-25(31)19-11-10-18-22-20(12-13-21(23(19)22)27(29)33)26(32)28(24(18)30)14-16(4)6-2;1-5-8-9-17(7-3)15-29-26(32)20-11-10-18-22-19(12-13-21(23(20)22)27(29)33)25(31)28(24(18)30)14-16(4)6-2/h2*10-13,16-17H,5-9,14-15H2,1-4H3. The van der Waals surface area contributed by atoms with Crippen LogP contribution in [0.25, 0.3) is 21.5 Å². The van der Waals surface area contributed by atoms with E-state index in [1.807, 2.05) is 30.3 Å². The van der Waals surface area contributed by atoms with Crippen LogP contribution >= 0.6 is 61.1 Å². The number of benzene rings is 4. The van der Waals surface area contributed by atoms with Crippen molar-refractivity contribution in [3.63, 3.8) is 0 Å². The van der Waals surface area contributed by atoms with Crippen LogP contribution in [0.15, 0.2) is 48.5 Å². The summed E-state index contributed by atoms with van der Waals surface area (Å²) in [5, 5.41) is 3.49. The lowest BCUT2D eigenvalue weighted by molar-refractivity contribution is 0.0820. The molecular weight excluding hydrogens is 913 g/mol. The normalized spacial score (nSPS) is 17.2. The summed E-state index contributed by atoms with van der Waals surface area (Å²) in [7, 11) is 0. The molecule has 348 valence electrons. The lowest BCUT2D eigenvalue weighted by Gasteiger charge is -2.37. The third-order valence-corrected chi connectivity index (χ3v) is 16.7. The zero-order chi connectivity index (χ0) is 47.7. The Morgan fingerprint density at radius 3 is 0.924 bits per heavy atom. The van der Waals surface area contributed by atoms with Crippen molar-refractivity contribution in [3.8, 4) is 0 Å². The Morgan fingerprint density at radius 2 is 0.636 bits per heavy atom. The molecule has 4 unspecified atom stereocenters. The Balaban J connectivity index is 0.000000196. The predicted octanol–water partition coefficient (Wildman–Crippen LogP) is 13.3. The van der Waals surface area contributed by atoms with Gasteiger partial charge >= 0.3 is 0 Å². The molecule has 0 bridgehead atoms. The van der Waals surface area contributed by atoms with E-state index in [1.165, 1.54) is 19.3 Å². The van der Waals surface area contributed by atoms with E-state index >= 15 is 0 Å². The van der Waals surface area contributed by atoms with Crippen molar-refractivity contribution < 1.29 is 14.4 Å². The second kappa shape index (κ2) is 21.1. The van der Waals surface area contributed by atoms with E-state index in [4.69, 9.17) is 61.1 Å². The van der Waals surface area contributed by atoms with Gasteiger partial charge in [0.2, 0.25) is 0 Å². The second-order valence-corrected chi connectivity index (χ2v) is 20.8. The minimum atomic E-state index is -0.0806. The smallest absolute Gasteiger partial charge is 0.259 e. The molecule has 0 N–H and O–H groups in total. The summed E-state index contributed by atoms with van der Waals surface area (Å²) >= 11 is 29.4. The van der Waals surface area contributed by atoms with Gasteiger partial charge in [-0.25, -0.2) is 0 Å². The fourth-order valence-electron chi connectivity index (χ4n) is 9.84. The first-order valence-electron chi connectivity index (χ1n) is 24.3. The van der Waals surface area contributed by atoms with Crippen LogP contribution in [0, 0.1) is 23.7 Å². The molecule has 0 saturated carbocycles.